The van der Waals surface area contributed by atoms with Crippen molar-refractivity contribution in [1.29, 1.82) is 0 Å². The summed E-state index contributed by atoms with van der Waals surface area (Å²) in [6, 6.07) is 7.56. The van der Waals surface area contributed by atoms with Crippen LogP contribution in [0.1, 0.15) is 31.4 Å². The van der Waals surface area contributed by atoms with Gasteiger partial charge < -0.3 is 10.1 Å². The first-order valence-electron chi connectivity index (χ1n) is 8.28. The fourth-order valence-electron chi connectivity index (χ4n) is 3.59. The number of anilines is 1. The number of carbonyl (C=O) groups excluding carboxylic acids is 1. The Morgan fingerprint density at radius 2 is 2.20 bits per heavy atom. The molecule has 0 amide bonds. The number of thioether (sulfide) groups is 1. The molecule has 0 saturated carbocycles. The fraction of sp³-hybridized carbons (Fsp3) is 0.389. The molecule has 2 aromatic rings. The Morgan fingerprint density at radius 3 is 2.96 bits per heavy atom. The van der Waals surface area contributed by atoms with Crippen LogP contribution in [0.15, 0.2) is 40.7 Å². The molecule has 1 aromatic heterocycles. The number of hydrogen-bond donors (Lipinski definition) is 1. The number of rotatable bonds is 3. The number of aromatic nitrogens is 3. The van der Waals surface area contributed by atoms with Crippen molar-refractivity contribution in [3.8, 4) is 5.75 Å². The van der Waals surface area contributed by atoms with E-state index >= 15 is 0 Å². The van der Waals surface area contributed by atoms with Gasteiger partial charge in [0, 0.05) is 17.7 Å². The van der Waals surface area contributed by atoms with Crippen molar-refractivity contribution in [3.05, 3.63) is 41.1 Å². The van der Waals surface area contributed by atoms with Gasteiger partial charge in [-0.25, -0.2) is 4.68 Å². The number of ketones is 1. The Bertz CT molecular complexity index is 874. The zero-order valence-electron chi connectivity index (χ0n) is 14.4. The number of ether oxygens (including phenoxy) is 1. The maximum absolute atomic E-state index is 12.9. The highest BCUT2D eigenvalue weighted by Crippen LogP contribution is 2.42. The molecule has 2 heterocycles. The van der Waals surface area contributed by atoms with E-state index in [1.54, 1.807) is 7.11 Å². The summed E-state index contributed by atoms with van der Waals surface area (Å²) >= 11 is 1.49. The maximum Gasteiger partial charge on any atom is 0.227 e. The van der Waals surface area contributed by atoms with Crippen LogP contribution in [0.2, 0.25) is 0 Å². The summed E-state index contributed by atoms with van der Waals surface area (Å²) < 4.78 is 7.20. The second-order valence-electron chi connectivity index (χ2n) is 6.50. The minimum atomic E-state index is -0.269. The van der Waals surface area contributed by atoms with E-state index in [-0.39, 0.29) is 11.8 Å². The van der Waals surface area contributed by atoms with Crippen LogP contribution < -0.4 is 10.1 Å². The predicted octanol–water partition coefficient (Wildman–Crippen LogP) is 3.28. The topological polar surface area (TPSA) is 69.0 Å². The third kappa shape index (κ3) is 2.72. The molecule has 6 nitrogen and oxygen atoms in total. The second-order valence-corrected chi connectivity index (χ2v) is 7.27. The number of nitrogens with one attached hydrogen (secondary N) is 1. The molecule has 0 fully saturated rings. The van der Waals surface area contributed by atoms with Gasteiger partial charge in [-0.05, 0) is 36.3 Å². The Kier molecular flexibility index (Phi) is 4.03. The van der Waals surface area contributed by atoms with Crippen molar-refractivity contribution >= 4 is 23.5 Å². The smallest absolute Gasteiger partial charge is 0.227 e. The molecular formula is C18H20N4O2S. The lowest BCUT2D eigenvalue weighted by atomic mass is 9.81. The standard InChI is InChI=1S/C18H20N4O2S/c1-10-7-13-15(14(23)8-10)16(11-5-4-6-12(9-11)24-2)22-17(19-13)20-18(21-22)25-3/h4-6,9-10,16H,7-8H2,1-3H3,(H,19,20,21)/t10-,16-/m1/s1. The summed E-state index contributed by atoms with van der Waals surface area (Å²) in [4.78, 5) is 17.4. The summed E-state index contributed by atoms with van der Waals surface area (Å²) in [7, 11) is 1.65. The molecular weight excluding hydrogens is 336 g/mol. The molecule has 130 valence electrons. The predicted molar refractivity (Wildman–Crippen MR) is 97.0 cm³/mol. The molecule has 0 unspecified atom stereocenters. The van der Waals surface area contributed by atoms with Crippen molar-refractivity contribution < 1.29 is 9.53 Å². The van der Waals surface area contributed by atoms with Crippen LogP contribution in [0.25, 0.3) is 0 Å². The number of allylic oxidation sites excluding steroid dienone is 2. The van der Waals surface area contributed by atoms with Crippen molar-refractivity contribution in [2.45, 2.75) is 31.0 Å². The molecule has 0 bridgehead atoms. The number of Topliss-reactive ketones (excluding diaryl/α,β-unsaturated/α-hetero) is 1. The largest absolute Gasteiger partial charge is 0.497 e. The molecule has 1 N–H and O–H groups in total. The number of fused-ring (bicyclic) bond motifs is 1. The highest BCUT2D eigenvalue weighted by Gasteiger charge is 2.38. The van der Waals surface area contributed by atoms with Crippen LogP contribution in [0.3, 0.4) is 0 Å². The number of methoxy groups -OCH3 is 1. The Hall–Kier alpha value is -2.28. The summed E-state index contributed by atoms with van der Waals surface area (Å²) in [5, 5.41) is 8.64. The number of carbonyl (C=O) groups is 1. The lowest BCUT2D eigenvalue weighted by molar-refractivity contribution is -0.117. The van der Waals surface area contributed by atoms with Gasteiger partial charge in [0.15, 0.2) is 5.78 Å². The van der Waals surface area contributed by atoms with Gasteiger partial charge in [-0.3, -0.25) is 4.79 Å². The van der Waals surface area contributed by atoms with E-state index in [0.29, 0.717) is 23.4 Å². The third-order valence-corrected chi connectivity index (χ3v) is 5.23. The zero-order valence-corrected chi connectivity index (χ0v) is 15.3. The number of benzene rings is 1. The molecule has 2 atom stereocenters. The van der Waals surface area contributed by atoms with E-state index in [1.165, 1.54) is 11.8 Å². The van der Waals surface area contributed by atoms with Crippen LogP contribution in [0.5, 0.6) is 5.75 Å². The van der Waals surface area contributed by atoms with Crippen molar-refractivity contribution in [1.82, 2.24) is 14.8 Å². The normalized spacial score (nSPS) is 22.3. The summed E-state index contributed by atoms with van der Waals surface area (Å²) in [5.74, 6) is 1.97. The van der Waals surface area contributed by atoms with Crippen LogP contribution >= 0.6 is 11.8 Å². The highest BCUT2D eigenvalue weighted by atomic mass is 32.2. The first-order valence-corrected chi connectivity index (χ1v) is 9.51. The molecule has 1 aliphatic carbocycles. The monoisotopic (exact) mass is 356 g/mol. The Labute approximate surface area is 150 Å². The molecule has 0 spiro atoms. The van der Waals surface area contributed by atoms with Gasteiger partial charge in [0.2, 0.25) is 11.1 Å². The number of hydrogen-bond acceptors (Lipinski definition) is 6. The third-order valence-electron chi connectivity index (χ3n) is 4.70. The molecule has 1 aromatic carbocycles. The van der Waals surface area contributed by atoms with Crippen LogP contribution in [0, 0.1) is 5.92 Å². The van der Waals surface area contributed by atoms with E-state index in [1.807, 2.05) is 35.2 Å². The minimum Gasteiger partial charge on any atom is -0.497 e. The quantitative estimate of drug-likeness (QED) is 0.851. The fourth-order valence-corrected chi connectivity index (χ4v) is 3.94. The molecule has 1 aliphatic heterocycles. The van der Waals surface area contributed by atoms with E-state index in [0.717, 1.165) is 29.0 Å². The zero-order chi connectivity index (χ0) is 17.6. The Balaban J connectivity index is 1.90. The first kappa shape index (κ1) is 16.2. The van der Waals surface area contributed by atoms with E-state index in [9.17, 15) is 4.79 Å². The van der Waals surface area contributed by atoms with Crippen LogP contribution in [-0.2, 0) is 4.79 Å². The van der Waals surface area contributed by atoms with E-state index < -0.39 is 0 Å². The highest BCUT2D eigenvalue weighted by molar-refractivity contribution is 7.98. The second kappa shape index (κ2) is 6.22. The molecule has 4 rings (SSSR count). The van der Waals surface area contributed by atoms with Gasteiger partial charge in [-0.1, -0.05) is 30.8 Å². The van der Waals surface area contributed by atoms with Gasteiger partial charge >= 0.3 is 0 Å². The molecule has 25 heavy (non-hydrogen) atoms. The van der Waals surface area contributed by atoms with Gasteiger partial charge in [0.05, 0.1) is 7.11 Å². The molecule has 0 radical (unpaired) electrons. The summed E-state index contributed by atoms with van der Waals surface area (Å²) in [5.41, 5.74) is 2.76. The van der Waals surface area contributed by atoms with E-state index in [4.69, 9.17) is 4.74 Å². The summed E-state index contributed by atoms with van der Waals surface area (Å²) in [6.45, 7) is 2.11. The van der Waals surface area contributed by atoms with Gasteiger partial charge in [-0.2, -0.15) is 4.98 Å². The SMILES string of the molecule is COc1cccc([C@@H]2C3=C(C[C@@H](C)CC3=O)Nc3nc(SC)nn32)c1. The molecule has 7 heteroatoms. The lowest BCUT2D eigenvalue weighted by Crippen LogP contribution is -2.33. The van der Waals surface area contributed by atoms with Gasteiger partial charge in [0.1, 0.15) is 11.8 Å². The van der Waals surface area contributed by atoms with Crippen molar-refractivity contribution in [3.63, 3.8) is 0 Å². The van der Waals surface area contributed by atoms with Gasteiger partial charge in [-0.15, -0.1) is 5.10 Å². The van der Waals surface area contributed by atoms with Crippen molar-refractivity contribution in [2.24, 2.45) is 5.92 Å². The van der Waals surface area contributed by atoms with Crippen LogP contribution in [-0.4, -0.2) is 33.9 Å². The molecule has 2 aliphatic rings. The van der Waals surface area contributed by atoms with Crippen molar-refractivity contribution in [2.75, 3.05) is 18.7 Å². The van der Waals surface area contributed by atoms with Gasteiger partial charge in [0.25, 0.3) is 0 Å². The minimum absolute atomic E-state index is 0.181. The first-order chi connectivity index (χ1) is 12.1. The summed E-state index contributed by atoms with van der Waals surface area (Å²) in [6.07, 6.45) is 3.37. The van der Waals surface area contributed by atoms with E-state index in [2.05, 4.69) is 22.3 Å². The molecule has 0 saturated heterocycles. The lowest BCUT2D eigenvalue weighted by Gasteiger charge is -2.34. The number of nitrogens with zero attached hydrogens (tertiary/aromatic N) is 3. The Morgan fingerprint density at radius 1 is 1.36 bits per heavy atom. The average Bonchev–Trinajstić information content (AvgIpc) is 3.02. The average molecular weight is 356 g/mol. The maximum atomic E-state index is 12.9. The van der Waals surface area contributed by atoms with Crippen LogP contribution in [0.4, 0.5) is 5.95 Å².